The third-order valence-corrected chi connectivity index (χ3v) is 2.85. The summed E-state index contributed by atoms with van der Waals surface area (Å²) in [7, 11) is 3.42. The van der Waals surface area contributed by atoms with Crippen molar-refractivity contribution >= 4 is 0 Å². The summed E-state index contributed by atoms with van der Waals surface area (Å²) in [6.07, 6.45) is 2.67. The molecule has 0 fully saturated rings. The predicted molar refractivity (Wildman–Crippen MR) is 69.3 cm³/mol. The van der Waals surface area contributed by atoms with Gasteiger partial charge in [0.2, 0.25) is 0 Å². The van der Waals surface area contributed by atoms with Crippen molar-refractivity contribution in [3.63, 3.8) is 0 Å². The van der Waals surface area contributed by atoms with E-state index in [1.54, 1.807) is 20.5 Å². The molecule has 1 heterocycles. The van der Waals surface area contributed by atoms with Gasteiger partial charge in [-0.25, -0.2) is 4.98 Å². The highest BCUT2D eigenvalue weighted by Crippen LogP contribution is 2.13. The number of ether oxygens (including phenoxy) is 2. The second kappa shape index (κ2) is 7.45. The van der Waals surface area contributed by atoms with Gasteiger partial charge in [0, 0.05) is 27.3 Å². The molecule has 0 radical (unpaired) electrons. The summed E-state index contributed by atoms with van der Waals surface area (Å²) in [4.78, 5) is 4.25. The second-order valence-corrected chi connectivity index (χ2v) is 4.81. The molecule has 1 rings (SSSR count). The molecule has 6 nitrogen and oxygen atoms in total. The fraction of sp³-hybridized carbons (Fsp3) is 0.833. The standard InChI is InChI=1S/C12H24N4O2/c1-12(2,18-4)5-7-16-10-14-11(15-16)9-13-6-8-17-3/h10,13H,5-9H2,1-4H3. The molecule has 1 N–H and O–H groups in total. The number of methoxy groups -OCH3 is 2. The summed E-state index contributed by atoms with van der Waals surface area (Å²) in [6.45, 7) is 7.12. The minimum absolute atomic E-state index is 0.122. The maximum Gasteiger partial charge on any atom is 0.164 e. The number of hydrogen-bond donors (Lipinski definition) is 1. The molecular weight excluding hydrogens is 232 g/mol. The zero-order chi connectivity index (χ0) is 13.4. The molecule has 0 aliphatic carbocycles. The molecule has 0 unspecified atom stereocenters. The smallest absolute Gasteiger partial charge is 0.164 e. The highest BCUT2D eigenvalue weighted by Gasteiger charge is 2.16. The Hall–Kier alpha value is -0.980. The van der Waals surface area contributed by atoms with Gasteiger partial charge in [-0.05, 0) is 20.3 Å². The summed E-state index contributed by atoms with van der Waals surface area (Å²) in [5.41, 5.74) is -0.122. The highest BCUT2D eigenvalue weighted by atomic mass is 16.5. The molecular formula is C12H24N4O2. The van der Waals surface area contributed by atoms with Gasteiger partial charge >= 0.3 is 0 Å². The molecule has 0 aromatic carbocycles. The molecule has 6 heteroatoms. The Kier molecular flexibility index (Phi) is 6.24. The van der Waals surface area contributed by atoms with Crippen LogP contribution in [0.1, 0.15) is 26.1 Å². The zero-order valence-electron chi connectivity index (χ0n) is 11.8. The number of nitrogens with one attached hydrogen (secondary N) is 1. The molecule has 0 aliphatic heterocycles. The summed E-state index contributed by atoms with van der Waals surface area (Å²) < 4.78 is 12.2. The van der Waals surface area contributed by atoms with E-state index in [9.17, 15) is 0 Å². The predicted octanol–water partition coefficient (Wildman–Crippen LogP) is 0.829. The quantitative estimate of drug-likeness (QED) is 0.663. The van der Waals surface area contributed by atoms with Crippen LogP contribution in [0.4, 0.5) is 0 Å². The summed E-state index contributed by atoms with van der Waals surface area (Å²) >= 11 is 0. The van der Waals surface area contributed by atoms with Crippen molar-refractivity contribution in [2.45, 2.75) is 39.0 Å². The Bertz CT molecular complexity index is 339. The topological polar surface area (TPSA) is 61.2 Å². The van der Waals surface area contributed by atoms with Crippen LogP contribution >= 0.6 is 0 Å². The van der Waals surface area contributed by atoms with Crippen LogP contribution < -0.4 is 5.32 Å². The molecule has 0 spiro atoms. The van der Waals surface area contributed by atoms with Crippen molar-refractivity contribution < 1.29 is 9.47 Å². The van der Waals surface area contributed by atoms with Crippen molar-refractivity contribution in [3.05, 3.63) is 12.2 Å². The number of nitrogens with zero attached hydrogens (tertiary/aromatic N) is 3. The lowest BCUT2D eigenvalue weighted by Crippen LogP contribution is -2.24. The van der Waals surface area contributed by atoms with E-state index in [2.05, 4.69) is 29.2 Å². The fourth-order valence-corrected chi connectivity index (χ4v) is 1.38. The lowest BCUT2D eigenvalue weighted by atomic mass is 10.1. The van der Waals surface area contributed by atoms with Crippen LogP contribution in [0.3, 0.4) is 0 Å². The molecule has 18 heavy (non-hydrogen) atoms. The fourth-order valence-electron chi connectivity index (χ4n) is 1.38. The third-order valence-electron chi connectivity index (χ3n) is 2.85. The molecule has 0 saturated heterocycles. The van der Waals surface area contributed by atoms with Crippen molar-refractivity contribution in [1.29, 1.82) is 0 Å². The van der Waals surface area contributed by atoms with Gasteiger partial charge in [-0.3, -0.25) is 4.68 Å². The molecule has 0 amide bonds. The minimum atomic E-state index is -0.122. The van der Waals surface area contributed by atoms with Gasteiger partial charge in [0.1, 0.15) is 6.33 Å². The van der Waals surface area contributed by atoms with E-state index >= 15 is 0 Å². The lowest BCUT2D eigenvalue weighted by Gasteiger charge is -2.22. The molecule has 0 saturated carbocycles. The Labute approximate surface area is 109 Å². The second-order valence-electron chi connectivity index (χ2n) is 4.81. The number of hydrogen-bond acceptors (Lipinski definition) is 5. The van der Waals surface area contributed by atoms with Crippen LogP contribution in [0.2, 0.25) is 0 Å². The average molecular weight is 256 g/mol. The summed E-state index contributed by atoms with van der Waals surface area (Å²) in [5.74, 6) is 0.807. The van der Waals surface area contributed by atoms with Crippen molar-refractivity contribution in [1.82, 2.24) is 20.1 Å². The third kappa shape index (κ3) is 5.57. The first-order chi connectivity index (χ1) is 8.57. The maximum absolute atomic E-state index is 5.37. The number of rotatable bonds is 9. The van der Waals surface area contributed by atoms with Crippen LogP contribution in [-0.4, -0.2) is 47.7 Å². The van der Waals surface area contributed by atoms with Crippen LogP contribution in [0.25, 0.3) is 0 Å². The van der Waals surface area contributed by atoms with Crippen LogP contribution in [0.15, 0.2) is 6.33 Å². The monoisotopic (exact) mass is 256 g/mol. The largest absolute Gasteiger partial charge is 0.383 e. The molecule has 0 aliphatic rings. The first-order valence-corrected chi connectivity index (χ1v) is 6.20. The van der Waals surface area contributed by atoms with Crippen LogP contribution in [0, 0.1) is 0 Å². The van der Waals surface area contributed by atoms with E-state index in [0.29, 0.717) is 13.2 Å². The molecule has 0 atom stereocenters. The van der Waals surface area contributed by atoms with E-state index in [-0.39, 0.29) is 5.60 Å². The Morgan fingerprint density at radius 1 is 1.39 bits per heavy atom. The van der Waals surface area contributed by atoms with Gasteiger partial charge < -0.3 is 14.8 Å². The zero-order valence-corrected chi connectivity index (χ0v) is 11.8. The van der Waals surface area contributed by atoms with Gasteiger partial charge in [0.25, 0.3) is 0 Å². The minimum Gasteiger partial charge on any atom is -0.383 e. The first kappa shape index (κ1) is 15.1. The van der Waals surface area contributed by atoms with Crippen molar-refractivity contribution in [2.75, 3.05) is 27.4 Å². The van der Waals surface area contributed by atoms with E-state index < -0.39 is 0 Å². The van der Waals surface area contributed by atoms with Gasteiger partial charge in [0.15, 0.2) is 5.82 Å². The lowest BCUT2D eigenvalue weighted by molar-refractivity contribution is 0.0113. The number of aryl methyl sites for hydroxylation is 1. The van der Waals surface area contributed by atoms with E-state index in [1.807, 2.05) is 4.68 Å². The maximum atomic E-state index is 5.37. The summed E-state index contributed by atoms with van der Waals surface area (Å²) in [6, 6.07) is 0. The van der Waals surface area contributed by atoms with E-state index in [0.717, 1.165) is 25.3 Å². The Morgan fingerprint density at radius 2 is 2.17 bits per heavy atom. The van der Waals surface area contributed by atoms with Gasteiger partial charge in [-0.15, -0.1) is 0 Å². The van der Waals surface area contributed by atoms with Crippen LogP contribution in [0.5, 0.6) is 0 Å². The van der Waals surface area contributed by atoms with E-state index in [4.69, 9.17) is 9.47 Å². The Morgan fingerprint density at radius 3 is 2.83 bits per heavy atom. The molecule has 1 aromatic heterocycles. The first-order valence-electron chi connectivity index (χ1n) is 6.20. The molecule has 1 aromatic rings. The highest BCUT2D eigenvalue weighted by molar-refractivity contribution is 4.81. The van der Waals surface area contributed by atoms with Crippen LogP contribution in [-0.2, 0) is 22.6 Å². The number of aromatic nitrogens is 3. The van der Waals surface area contributed by atoms with Crippen molar-refractivity contribution in [2.24, 2.45) is 0 Å². The SMILES string of the molecule is COCCNCc1ncn(CCC(C)(C)OC)n1. The van der Waals surface area contributed by atoms with Crippen molar-refractivity contribution in [3.8, 4) is 0 Å². The van der Waals surface area contributed by atoms with Gasteiger partial charge in [0.05, 0.1) is 18.8 Å². The summed E-state index contributed by atoms with van der Waals surface area (Å²) in [5, 5.41) is 7.60. The van der Waals surface area contributed by atoms with Gasteiger partial charge in [-0.2, -0.15) is 5.10 Å². The molecule has 104 valence electrons. The molecule has 0 bridgehead atoms. The Balaban J connectivity index is 2.30. The van der Waals surface area contributed by atoms with Gasteiger partial charge in [-0.1, -0.05) is 0 Å². The van der Waals surface area contributed by atoms with E-state index in [1.165, 1.54) is 0 Å². The normalized spacial score (nSPS) is 12.0. The average Bonchev–Trinajstić information content (AvgIpc) is 2.80.